The summed E-state index contributed by atoms with van der Waals surface area (Å²) in [5, 5.41) is 5.21. The van der Waals surface area contributed by atoms with Gasteiger partial charge in [0.15, 0.2) is 0 Å². The van der Waals surface area contributed by atoms with E-state index in [1.165, 1.54) is 7.11 Å². The average Bonchev–Trinajstić information content (AvgIpc) is 3.33. The first-order valence-electron chi connectivity index (χ1n) is 12.0. The lowest BCUT2D eigenvalue weighted by molar-refractivity contribution is -0.127. The number of nitrogens with one attached hydrogen (secondary N) is 2. The number of anilines is 1. The topological polar surface area (TPSA) is 119 Å². The van der Waals surface area contributed by atoms with E-state index >= 15 is 0 Å². The standard InChI is InChI=1S/C28H28N4O6/c1-5-38-27(35)19-7-6-8-22(14-19)32-17(2)13-20(18(32)3)15-24-26(34)31(28(36)30-24)16-25(33)29-21-9-11-23(37-4)12-10-21/h6-15H,5,16H2,1-4H3,(H,29,33)(H,30,36)/b24-15-. The highest BCUT2D eigenvalue weighted by Gasteiger charge is 2.35. The van der Waals surface area contributed by atoms with Crippen molar-refractivity contribution < 1.29 is 28.7 Å². The molecule has 38 heavy (non-hydrogen) atoms. The van der Waals surface area contributed by atoms with E-state index in [1.54, 1.807) is 55.5 Å². The molecule has 0 aliphatic carbocycles. The van der Waals surface area contributed by atoms with Crippen LogP contribution in [-0.4, -0.2) is 53.5 Å². The number of hydrogen-bond acceptors (Lipinski definition) is 6. The zero-order valence-corrected chi connectivity index (χ0v) is 21.5. The molecule has 2 heterocycles. The maximum Gasteiger partial charge on any atom is 0.338 e. The number of methoxy groups -OCH3 is 1. The van der Waals surface area contributed by atoms with Crippen LogP contribution in [0.3, 0.4) is 0 Å². The Morgan fingerprint density at radius 1 is 1.05 bits per heavy atom. The molecule has 2 aromatic carbocycles. The minimum Gasteiger partial charge on any atom is -0.497 e. The van der Waals surface area contributed by atoms with Crippen LogP contribution in [0.15, 0.2) is 60.3 Å². The number of carbonyl (C=O) groups is 4. The van der Waals surface area contributed by atoms with E-state index in [-0.39, 0.29) is 12.3 Å². The van der Waals surface area contributed by atoms with Crippen LogP contribution in [0.2, 0.25) is 0 Å². The fraction of sp³-hybridized carbons (Fsp3) is 0.214. The van der Waals surface area contributed by atoms with Gasteiger partial charge in [-0.1, -0.05) is 6.07 Å². The Hall–Kier alpha value is -4.86. The van der Waals surface area contributed by atoms with E-state index in [9.17, 15) is 19.2 Å². The molecule has 0 spiro atoms. The Kier molecular flexibility index (Phi) is 7.61. The molecule has 10 nitrogen and oxygen atoms in total. The molecule has 196 valence electrons. The average molecular weight is 517 g/mol. The summed E-state index contributed by atoms with van der Waals surface area (Å²) in [6, 6.07) is 14.9. The highest BCUT2D eigenvalue weighted by molar-refractivity contribution is 6.16. The van der Waals surface area contributed by atoms with Crippen molar-refractivity contribution in [1.82, 2.24) is 14.8 Å². The van der Waals surface area contributed by atoms with Crippen molar-refractivity contribution >= 4 is 35.6 Å². The molecule has 1 aliphatic rings. The summed E-state index contributed by atoms with van der Waals surface area (Å²) in [5.74, 6) is -0.888. The van der Waals surface area contributed by atoms with Gasteiger partial charge in [-0.15, -0.1) is 0 Å². The Balaban J connectivity index is 1.51. The molecule has 3 aromatic rings. The van der Waals surface area contributed by atoms with Gasteiger partial charge in [0.1, 0.15) is 18.0 Å². The SMILES string of the molecule is CCOC(=O)c1cccc(-n2c(C)cc(/C=C3\NC(=O)N(CC(=O)Nc4ccc(OC)cc4)C3=O)c2C)c1. The van der Waals surface area contributed by atoms with E-state index in [0.29, 0.717) is 22.6 Å². The molecule has 0 bridgehead atoms. The van der Waals surface area contributed by atoms with Crippen LogP contribution >= 0.6 is 0 Å². The van der Waals surface area contributed by atoms with Crippen molar-refractivity contribution in [2.75, 3.05) is 25.6 Å². The van der Waals surface area contributed by atoms with Crippen molar-refractivity contribution in [2.45, 2.75) is 20.8 Å². The molecule has 0 radical (unpaired) electrons. The first-order chi connectivity index (χ1) is 18.2. The molecular formula is C28H28N4O6. The minimum atomic E-state index is -0.679. The van der Waals surface area contributed by atoms with Gasteiger partial charge in [-0.05, 0) is 80.9 Å². The summed E-state index contributed by atoms with van der Waals surface area (Å²) >= 11 is 0. The minimum absolute atomic E-state index is 0.0628. The maximum atomic E-state index is 13.0. The lowest BCUT2D eigenvalue weighted by Crippen LogP contribution is -2.38. The van der Waals surface area contributed by atoms with Crippen molar-refractivity contribution in [3.63, 3.8) is 0 Å². The van der Waals surface area contributed by atoms with Crippen molar-refractivity contribution in [3.8, 4) is 11.4 Å². The summed E-state index contributed by atoms with van der Waals surface area (Å²) in [4.78, 5) is 51.0. The van der Waals surface area contributed by atoms with Gasteiger partial charge in [-0.2, -0.15) is 0 Å². The van der Waals surface area contributed by atoms with Gasteiger partial charge in [-0.3, -0.25) is 9.59 Å². The predicted octanol–water partition coefficient (Wildman–Crippen LogP) is 3.81. The predicted molar refractivity (Wildman–Crippen MR) is 141 cm³/mol. The summed E-state index contributed by atoms with van der Waals surface area (Å²) in [6.45, 7) is 5.37. The quantitative estimate of drug-likeness (QED) is 0.267. The van der Waals surface area contributed by atoms with Gasteiger partial charge in [0.2, 0.25) is 5.91 Å². The van der Waals surface area contributed by atoms with Gasteiger partial charge in [0, 0.05) is 22.8 Å². The zero-order valence-electron chi connectivity index (χ0n) is 21.5. The third-order valence-electron chi connectivity index (χ3n) is 6.02. The lowest BCUT2D eigenvalue weighted by Gasteiger charge is -2.12. The van der Waals surface area contributed by atoms with Crippen molar-refractivity contribution in [3.05, 3.63) is 82.8 Å². The molecule has 0 saturated carbocycles. The number of hydrogen-bond donors (Lipinski definition) is 2. The largest absolute Gasteiger partial charge is 0.497 e. The van der Waals surface area contributed by atoms with E-state index < -0.39 is 30.4 Å². The van der Waals surface area contributed by atoms with Gasteiger partial charge in [0.25, 0.3) is 5.91 Å². The van der Waals surface area contributed by atoms with Crippen LogP contribution in [0.1, 0.15) is 34.2 Å². The number of esters is 1. The number of amides is 4. The number of carbonyl (C=O) groups excluding carboxylic acids is 4. The van der Waals surface area contributed by atoms with E-state index in [4.69, 9.17) is 9.47 Å². The molecule has 4 amide bonds. The van der Waals surface area contributed by atoms with Gasteiger partial charge >= 0.3 is 12.0 Å². The molecule has 10 heteroatoms. The molecule has 2 N–H and O–H groups in total. The van der Waals surface area contributed by atoms with Crippen LogP contribution in [0.25, 0.3) is 11.8 Å². The molecule has 1 aliphatic heterocycles. The van der Waals surface area contributed by atoms with Gasteiger partial charge < -0.3 is 24.7 Å². The van der Waals surface area contributed by atoms with Crippen LogP contribution in [0, 0.1) is 13.8 Å². The normalized spacial score (nSPS) is 14.0. The van der Waals surface area contributed by atoms with E-state index in [1.807, 2.05) is 30.5 Å². The molecule has 1 saturated heterocycles. The highest BCUT2D eigenvalue weighted by atomic mass is 16.5. The highest BCUT2D eigenvalue weighted by Crippen LogP contribution is 2.25. The molecule has 4 rings (SSSR count). The first kappa shape index (κ1) is 26.2. The monoisotopic (exact) mass is 516 g/mol. The molecule has 1 aromatic heterocycles. The summed E-state index contributed by atoms with van der Waals surface area (Å²) in [7, 11) is 1.54. The summed E-state index contributed by atoms with van der Waals surface area (Å²) < 4.78 is 12.1. The smallest absolute Gasteiger partial charge is 0.338 e. The van der Waals surface area contributed by atoms with E-state index in [2.05, 4.69) is 10.6 Å². The number of urea groups is 1. The molecule has 0 unspecified atom stereocenters. The van der Waals surface area contributed by atoms with Crippen LogP contribution in [-0.2, 0) is 14.3 Å². The Morgan fingerprint density at radius 3 is 2.47 bits per heavy atom. The van der Waals surface area contributed by atoms with Crippen LogP contribution in [0.5, 0.6) is 5.75 Å². The maximum absolute atomic E-state index is 13.0. The molecule has 0 atom stereocenters. The number of rotatable bonds is 8. The number of aryl methyl sites for hydroxylation is 1. The number of ether oxygens (including phenoxy) is 2. The van der Waals surface area contributed by atoms with Gasteiger partial charge in [0.05, 0.1) is 19.3 Å². The number of benzene rings is 2. The lowest BCUT2D eigenvalue weighted by atomic mass is 10.2. The molecular weight excluding hydrogens is 488 g/mol. The van der Waals surface area contributed by atoms with Crippen LogP contribution < -0.4 is 15.4 Å². The Bertz CT molecular complexity index is 1440. The fourth-order valence-corrected chi connectivity index (χ4v) is 4.21. The zero-order chi connectivity index (χ0) is 27.4. The van der Waals surface area contributed by atoms with Crippen molar-refractivity contribution in [1.29, 1.82) is 0 Å². The second kappa shape index (κ2) is 11.0. The number of imide groups is 1. The summed E-state index contributed by atoms with van der Waals surface area (Å²) in [6.07, 6.45) is 1.58. The second-order valence-corrected chi connectivity index (χ2v) is 8.59. The Morgan fingerprint density at radius 2 is 1.79 bits per heavy atom. The third-order valence-corrected chi connectivity index (χ3v) is 6.02. The Labute approximate surface area is 219 Å². The fourth-order valence-electron chi connectivity index (χ4n) is 4.21. The third kappa shape index (κ3) is 5.44. The van der Waals surface area contributed by atoms with Gasteiger partial charge in [-0.25, -0.2) is 14.5 Å². The first-order valence-corrected chi connectivity index (χ1v) is 12.0. The van der Waals surface area contributed by atoms with E-state index in [0.717, 1.165) is 22.0 Å². The summed E-state index contributed by atoms with van der Waals surface area (Å²) in [5.41, 5.74) is 4.13. The second-order valence-electron chi connectivity index (χ2n) is 8.59. The number of nitrogens with zero attached hydrogens (tertiary/aromatic N) is 2. The van der Waals surface area contributed by atoms with Crippen LogP contribution in [0.4, 0.5) is 10.5 Å². The molecule has 1 fully saturated rings. The number of aromatic nitrogens is 1. The van der Waals surface area contributed by atoms with Crippen molar-refractivity contribution in [2.24, 2.45) is 0 Å².